The smallest absolute Gasteiger partial charge is 0.435 e. The summed E-state index contributed by atoms with van der Waals surface area (Å²) in [6.45, 7) is 1.73. The number of alkyl halides is 3. The van der Waals surface area contributed by atoms with E-state index in [9.17, 15) is 23.1 Å². The van der Waals surface area contributed by atoms with Gasteiger partial charge in [-0.2, -0.15) is 17.5 Å². The van der Waals surface area contributed by atoms with E-state index < -0.39 is 28.9 Å². The molecular weight excluding hydrogens is 415 g/mol. The van der Waals surface area contributed by atoms with E-state index in [2.05, 4.69) is 9.36 Å². The fourth-order valence-electron chi connectivity index (χ4n) is 3.42. The molecular formula is C21H16F3N3O2S. The Bertz CT molecular complexity index is 1270. The number of aromatic hydroxyl groups is 1. The van der Waals surface area contributed by atoms with Crippen molar-refractivity contribution in [2.45, 2.75) is 25.6 Å². The summed E-state index contributed by atoms with van der Waals surface area (Å²) in [5.41, 5.74) is -0.884. The number of aromatic nitrogens is 3. The SMILES string of the molecule is C[C@H](Cc1ccccc1)n1c(-c2ccccc2O)nc2snc(C(F)(F)F)c2c1=O. The number of para-hydroxylation sites is 1. The summed E-state index contributed by atoms with van der Waals surface area (Å²) in [6.07, 6.45) is -4.37. The molecule has 0 aliphatic heterocycles. The molecule has 2 heterocycles. The number of fused-ring (bicyclic) bond motifs is 1. The van der Waals surface area contributed by atoms with E-state index in [4.69, 9.17) is 0 Å². The second-order valence-corrected chi connectivity index (χ2v) is 7.63. The van der Waals surface area contributed by atoms with Gasteiger partial charge in [-0.1, -0.05) is 42.5 Å². The number of rotatable bonds is 4. The Hall–Kier alpha value is -3.20. The number of phenols is 1. The van der Waals surface area contributed by atoms with E-state index in [1.165, 1.54) is 10.6 Å². The van der Waals surface area contributed by atoms with E-state index in [1.807, 2.05) is 30.3 Å². The Balaban J connectivity index is 1.99. The Morgan fingerprint density at radius 2 is 1.77 bits per heavy atom. The number of hydrogen-bond acceptors (Lipinski definition) is 5. The first kappa shape index (κ1) is 20.1. The van der Waals surface area contributed by atoms with Crippen molar-refractivity contribution in [2.75, 3.05) is 0 Å². The van der Waals surface area contributed by atoms with Crippen molar-refractivity contribution in [2.24, 2.45) is 0 Å². The summed E-state index contributed by atoms with van der Waals surface area (Å²) >= 11 is 0.518. The minimum Gasteiger partial charge on any atom is -0.507 e. The van der Waals surface area contributed by atoms with Gasteiger partial charge < -0.3 is 5.11 Å². The predicted molar refractivity (Wildman–Crippen MR) is 109 cm³/mol. The van der Waals surface area contributed by atoms with Gasteiger partial charge in [-0.05, 0) is 42.6 Å². The molecule has 0 radical (unpaired) electrons. The van der Waals surface area contributed by atoms with Crippen molar-refractivity contribution in [3.8, 4) is 17.1 Å². The first-order valence-corrected chi connectivity index (χ1v) is 9.86. The number of phenolic OH excluding ortho intramolecular Hbond substituents is 1. The van der Waals surface area contributed by atoms with Gasteiger partial charge in [0.2, 0.25) is 0 Å². The van der Waals surface area contributed by atoms with Gasteiger partial charge in [-0.15, -0.1) is 0 Å². The van der Waals surface area contributed by atoms with Crippen molar-refractivity contribution in [1.82, 2.24) is 13.9 Å². The van der Waals surface area contributed by atoms with Crippen LogP contribution in [0.3, 0.4) is 0 Å². The predicted octanol–water partition coefficient (Wildman–Crippen LogP) is 5.05. The normalized spacial score (nSPS) is 12.9. The van der Waals surface area contributed by atoms with E-state index >= 15 is 0 Å². The van der Waals surface area contributed by atoms with Crippen LogP contribution in [0, 0.1) is 0 Å². The molecule has 4 aromatic rings. The largest absolute Gasteiger partial charge is 0.507 e. The maximum absolute atomic E-state index is 13.4. The fraction of sp³-hybridized carbons (Fsp3) is 0.190. The van der Waals surface area contributed by atoms with Gasteiger partial charge >= 0.3 is 6.18 Å². The van der Waals surface area contributed by atoms with Gasteiger partial charge in [-0.25, -0.2) is 4.98 Å². The standard InChI is InChI=1S/C21H16F3N3O2S/c1-12(11-13-7-3-2-4-8-13)27-18(14-9-5-6-10-15(14)28)25-19-16(20(27)29)17(26-30-19)21(22,23)24/h2-10,12,28H,11H2,1H3/t12-/m1/s1. The molecule has 154 valence electrons. The Labute approximate surface area is 173 Å². The van der Waals surface area contributed by atoms with Crippen molar-refractivity contribution in [1.29, 1.82) is 0 Å². The van der Waals surface area contributed by atoms with Crippen LogP contribution in [0.15, 0.2) is 59.4 Å². The van der Waals surface area contributed by atoms with Crippen LogP contribution in [-0.4, -0.2) is 19.0 Å². The summed E-state index contributed by atoms with van der Waals surface area (Å²) in [5, 5.41) is 9.76. The summed E-state index contributed by atoms with van der Waals surface area (Å²) in [4.78, 5) is 17.5. The third kappa shape index (κ3) is 3.56. The molecule has 0 aliphatic rings. The summed E-state index contributed by atoms with van der Waals surface area (Å²) < 4.78 is 44.9. The van der Waals surface area contributed by atoms with Crippen LogP contribution in [0.4, 0.5) is 13.2 Å². The zero-order valence-corrected chi connectivity index (χ0v) is 16.5. The molecule has 1 N–H and O–H groups in total. The molecule has 2 aromatic heterocycles. The van der Waals surface area contributed by atoms with E-state index in [0.29, 0.717) is 18.0 Å². The highest BCUT2D eigenvalue weighted by molar-refractivity contribution is 7.12. The van der Waals surface area contributed by atoms with Crippen LogP contribution in [0.5, 0.6) is 5.75 Å². The topological polar surface area (TPSA) is 68.0 Å². The van der Waals surface area contributed by atoms with Gasteiger partial charge in [0.25, 0.3) is 5.56 Å². The Kier molecular flexibility index (Phi) is 5.07. The maximum Gasteiger partial charge on any atom is 0.435 e. The molecule has 30 heavy (non-hydrogen) atoms. The van der Waals surface area contributed by atoms with Gasteiger partial charge in [0, 0.05) is 6.04 Å². The third-order valence-electron chi connectivity index (χ3n) is 4.77. The minimum atomic E-state index is -4.77. The second-order valence-electron chi connectivity index (χ2n) is 6.88. The van der Waals surface area contributed by atoms with Crippen molar-refractivity contribution in [3.63, 3.8) is 0 Å². The highest BCUT2D eigenvalue weighted by Crippen LogP contribution is 2.36. The monoisotopic (exact) mass is 431 g/mol. The summed E-state index contributed by atoms with van der Waals surface area (Å²) in [7, 11) is 0. The average Bonchev–Trinajstić information content (AvgIpc) is 3.14. The van der Waals surface area contributed by atoms with Gasteiger partial charge in [0.1, 0.15) is 17.0 Å². The first-order chi connectivity index (χ1) is 14.3. The molecule has 9 heteroatoms. The maximum atomic E-state index is 13.4. The Morgan fingerprint density at radius 1 is 1.10 bits per heavy atom. The number of hydrogen-bond donors (Lipinski definition) is 1. The van der Waals surface area contributed by atoms with Gasteiger partial charge in [0.05, 0.1) is 5.56 Å². The summed E-state index contributed by atoms with van der Waals surface area (Å²) in [5.74, 6) is -0.0172. The second kappa shape index (κ2) is 7.56. The molecule has 2 aromatic carbocycles. The lowest BCUT2D eigenvalue weighted by Crippen LogP contribution is -2.28. The molecule has 0 bridgehead atoms. The molecule has 0 spiro atoms. The van der Waals surface area contributed by atoms with Crippen LogP contribution in [-0.2, 0) is 12.6 Å². The third-order valence-corrected chi connectivity index (χ3v) is 5.51. The molecule has 0 unspecified atom stereocenters. The molecule has 0 amide bonds. The summed E-state index contributed by atoms with van der Waals surface area (Å²) in [6, 6.07) is 15.1. The van der Waals surface area contributed by atoms with Gasteiger partial charge in [-0.3, -0.25) is 9.36 Å². The van der Waals surface area contributed by atoms with E-state index in [0.717, 1.165) is 5.56 Å². The molecule has 0 saturated heterocycles. The average molecular weight is 431 g/mol. The number of halogens is 3. The molecule has 0 saturated carbocycles. The zero-order chi connectivity index (χ0) is 21.5. The molecule has 4 rings (SSSR count). The van der Waals surface area contributed by atoms with Crippen molar-refractivity contribution < 1.29 is 18.3 Å². The highest BCUT2D eigenvalue weighted by Gasteiger charge is 2.38. The van der Waals surface area contributed by atoms with Crippen LogP contribution < -0.4 is 5.56 Å². The number of nitrogens with zero attached hydrogens (tertiary/aromatic N) is 3. The quantitative estimate of drug-likeness (QED) is 0.491. The molecule has 5 nitrogen and oxygen atoms in total. The van der Waals surface area contributed by atoms with Crippen LogP contribution >= 0.6 is 11.5 Å². The van der Waals surface area contributed by atoms with Crippen LogP contribution in [0.1, 0.15) is 24.2 Å². The zero-order valence-electron chi connectivity index (χ0n) is 15.7. The van der Waals surface area contributed by atoms with Crippen molar-refractivity contribution >= 4 is 21.7 Å². The van der Waals surface area contributed by atoms with E-state index in [-0.39, 0.29) is 22.0 Å². The van der Waals surface area contributed by atoms with Crippen LogP contribution in [0.25, 0.3) is 21.6 Å². The molecule has 0 fully saturated rings. The van der Waals surface area contributed by atoms with Crippen molar-refractivity contribution in [3.05, 3.63) is 76.2 Å². The lowest BCUT2D eigenvalue weighted by molar-refractivity contribution is -0.139. The highest BCUT2D eigenvalue weighted by atomic mass is 32.1. The van der Waals surface area contributed by atoms with E-state index in [1.54, 1.807) is 25.1 Å². The lowest BCUT2D eigenvalue weighted by Gasteiger charge is -2.20. The molecule has 1 atom stereocenters. The first-order valence-electron chi connectivity index (χ1n) is 9.08. The fourth-order valence-corrected chi connectivity index (χ4v) is 4.19. The Morgan fingerprint density at radius 3 is 2.43 bits per heavy atom. The number of benzene rings is 2. The lowest BCUT2D eigenvalue weighted by atomic mass is 10.1. The minimum absolute atomic E-state index is 0.103. The van der Waals surface area contributed by atoms with Crippen LogP contribution in [0.2, 0.25) is 0 Å². The molecule has 0 aliphatic carbocycles. The van der Waals surface area contributed by atoms with Gasteiger partial charge in [0.15, 0.2) is 10.5 Å².